The summed E-state index contributed by atoms with van der Waals surface area (Å²) in [5.74, 6) is 1.74. The van der Waals surface area contributed by atoms with Crippen molar-refractivity contribution >= 4 is 11.9 Å². The Morgan fingerprint density at radius 1 is 1.19 bits per heavy atom. The van der Waals surface area contributed by atoms with Gasteiger partial charge in [-0.2, -0.15) is 15.0 Å². The molecular weight excluding hydrogens is 270 g/mol. The maximum atomic E-state index is 5.84. The van der Waals surface area contributed by atoms with Gasteiger partial charge in [0.15, 0.2) is 0 Å². The Hall–Kier alpha value is -1.63. The molecule has 1 aliphatic rings. The lowest BCUT2D eigenvalue weighted by molar-refractivity contribution is 0.121. The molecule has 1 atom stereocenters. The van der Waals surface area contributed by atoms with E-state index in [1.54, 1.807) is 7.05 Å². The summed E-state index contributed by atoms with van der Waals surface area (Å²) in [6.45, 7) is 9.34. The Balaban J connectivity index is 2.12. The van der Waals surface area contributed by atoms with Gasteiger partial charge in [-0.25, -0.2) is 0 Å². The van der Waals surface area contributed by atoms with E-state index in [0.29, 0.717) is 37.0 Å². The third-order valence-corrected chi connectivity index (χ3v) is 3.23. The van der Waals surface area contributed by atoms with Gasteiger partial charge in [0.05, 0.1) is 19.3 Å². The van der Waals surface area contributed by atoms with Crippen LogP contribution in [0.25, 0.3) is 0 Å². The second-order valence-electron chi connectivity index (χ2n) is 5.65. The molecule has 7 heteroatoms. The summed E-state index contributed by atoms with van der Waals surface area (Å²) < 4.78 is 11.2. The number of aromatic nitrogens is 3. The molecule has 1 saturated heterocycles. The molecule has 1 fully saturated rings. The van der Waals surface area contributed by atoms with E-state index in [-0.39, 0.29) is 6.10 Å². The Kier molecular flexibility index (Phi) is 5.55. The molecule has 0 radical (unpaired) electrons. The first-order valence-electron chi connectivity index (χ1n) is 7.51. The van der Waals surface area contributed by atoms with Gasteiger partial charge in [-0.1, -0.05) is 13.8 Å². The fourth-order valence-corrected chi connectivity index (χ4v) is 2.31. The van der Waals surface area contributed by atoms with Crippen molar-refractivity contribution in [3.63, 3.8) is 0 Å². The summed E-state index contributed by atoms with van der Waals surface area (Å²) in [6.07, 6.45) is 1.04. The van der Waals surface area contributed by atoms with Gasteiger partial charge in [-0.15, -0.1) is 0 Å². The molecule has 1 aliphatic heterocycles. The van der Waals surface area contributed by atoms with Crippen LogP contribution in [-0.2, 0) is 4.74 Å². The first-order chi connectivity index (χ1) is 10.1. The molecule has 7 nitrogen and oxygen atoms in total. The van der Waals surface area contributed by atoms with Crippen molar-refractivity contribution in [2.24, 2.45) is 5.92 Å². The molecule has 2 heterocycles. The standard InChI is InChI=1S/C14H25N5O2/c1-10(2)9-11(3)21-14-17-12(15-4)16-13(18-14)19-5-7-20-8-6-19/h10-11H,5-9H2,1-4H3,(H,15,16,17,18). The van der Waals surface area contributed by atoms with E-state index in [0.717, 1.165) is 19.5 Å². The van der Waals surface area contributed by atoms with Gasteiger partial charge < -0.3 is 19.7 Å². The number of morpholine rings is 1. The topological polar surface area (TPSA) is 72.4 Å². The predicted molar refractivity (Wildman–Crippen MR) is 82.0 cm³/mol. The number of nitrogens with zero attached hydrogens (tertiary/aromatic N) is 4. The second-order valence-corrected chi connectivity index (χ2v) is 5.65. The predicted octanol–water partition coefficient (Wildman–Crippen LogP) is 1.56. The van der Waals surface area contributed by atoms with Gasteiger partial charge >= 0.3 is 6.01 Å². The molecule has 0 aromatic carbocycles. The minimum absolute atomic E-state index is 0.0784. The molecular formula is C14H25N5O2. The quantitative estimate of drug-likeness (QED) is 0.853. The molecule has 118 valence electrons. The molecule has 2 rings (SSSR count). The van der Waals surface area contributed by atoms with Gasteiger partial charge in [0.1, 0.15) is 0 Å². The summed E-state index contributed by atoms with van der Waals surface area (Å²) in [5, 5.41) is 2.96. The first-order valence-corrected chi connectivity index (χ1v) is 7.51. The molecule has 1 N–H and O–H groups in total. The van der Waals surface area contributed by atoms with Crippen molar-refractivity contribution in [3.05, 3.63) is 0 Å². The van der Waals surface area contributed by atoms with Crippen molar-refractivity contribution in [1.29, 1.82) is 0 Å². The highest BCUT2D eigenvalue weighted by Gasteiger charge is 2.18. The van der Waals surface area contributed by atoms with E-state index in [1.807, 2.05) is 6.92 Å². The number of ether oxygens (including phenoxy) is 2. The van der Waals surface area contributed by atoms with Crippen molar-refractivity contribution in [3.8, 4) is 6.01 Å². The van der Waals surface area contributed by atoms with Crippen LogP contribution in [-0.4, -0.2) is 54.4 Å². The molecule has 1 aromatic heterocycles. The van der Waals surface area contributed by atoms with Crippen LogP contribution < -0.4 is 15.0 Å². The normalized spacial score (nSPS) is 16.9. The summed E-state index contributed by atoms with van der Waals surface area (Å²) in [5.41, 5.74) is 0. The monoisotopic (exact) mass is 295 g/mol. The van der Waals surface area contributed by atoms with E-state index in [4.69, 9.17) is 9.47 Å². The molecule has 1 aromatic rings. The average Bonchev–Trinajstić information content (AvgIpc) is 2.46. The van der Waals surface area contributed by atoms with Crippen LogP contribution in [0.2, 0.25) is 0 Å². The maximum absolute atomic E-state index is 5.84. The summed E-state index contributed by atoms with van der Waals surface area (Å²) >= 11 is 0. The number of anilines is 2. The SMILES string of the molecule is CNc1nc(OC(C)CC(C)C)nc(N2CCOCC2)n1. The zero-order chi connectivity index (χ0) is 15.2. The van der Waals surface area contributed by atoms with E-state index >= 15 is 0 Å². The lowest BCUT2D eigenvalue weighted by atomic mass is 10.1. The highest BCUT2D eigenvalue weighted by atomic mass is 16.5. The minimum Gasteiger partial charge on any atom is -0.460 e. The van der Waals surface area contributed by atoms with E-state index in [2.05, 4.69) is 39.0 Å². The largest absolute Gasteiger partial charge is 0.460 e. The van der Waals surface area contributed by atoms with Crippen LogP contribution in [0, 0.1) is 5.92 Å². The number of hydrogen-bond donors (Lipinski definition) is 1. The third kappa shape index (κ3) is 4.70. The fourth-order valence-electron chi connectivity index (χ4n) is 2.31. The highest BCUT2D eigenvalue weighted by molar-refractivity contribution is 5.38. The smallest absolute Gasteiger partial charge is 0.323 e. The Morgan fingerprint density at radius 2 is 1.90 bits per heavy atom. The average molecular weight is 295 g/mol. The third-order valence-electron chi connectivity index (χ3n) is 3.23. The lowest BCUT2D eigenvalue weighted by Crippen LogP contribution is -2.37. The Morgan fingerprint density at radius 3 is 2.52 bits per heavy atom. The van der Waals surface area contributed by atoms with Crippen LogP contribution in [0.5, 0.6) is 6.01 Å². The molecule has 0 amide bonds. The van der Waals surface area contributed by atoms with E-state index in [1.165, 1.54) is 0 Å². The van der Waals surface area contributed by atoms with Gasteiger partial charge in [0, 0.05) is 20.1 Å². The molecule has 0 spiro atoms. The van der Waals surface area contributed by atoms with Gasteiger partial charge in [-0.05, 0) is 19.3 Å². The minimum atomic E-state index is 0.0784. The second kappa shape index (κ2) is 7.40. The number of nitrogens with one attached hydrogen (secondary N) is 1. The molecule has 0 bridgehead atoms. The van der Waals surface area contributed by atoms with Crippen molar-refractivity contribution in [1.82, 2.24) is 15.0 Å². The summed E-state index contributed by atoms with van der Waals surface area (Å²) in [7, 11) is 1.79. The van der Waals surface area contributed by atoms with Crippen molar-refractivity contribution in [2.45, 2.75) is 33.3 Å². The van der Waals surface area contributed by atoms with Crippen LogP contribution >= 0.6 is 0 Å². The van der Waals surface area contributed by atoms with Crippen LogP contribution in [0.15, 0.2) is 0 Å². The van der Waals surface area contributed by atoms with Gasteiger partial charge in [-0.3, -0.25) is 0 Å². The highest BCUT2D eigenvalue weighted by Crippen LogP contribution is 2.18. The Bertz CT molecular complexity index is 449. The Labute approximate surface area is 126 Å². The molecule has 21 heavy (non-hydrogen) atoms. The van der Waals surface area contributed by atoms with Crippen LogP contribution in [0.1, 0.15) is 27.2 Å². The number of hydrogen-bond acceptors (Lipinski definition) is 7. The number of rotatable bonds is 6. The lowest BCUT2D eigenvalue weighted by Gasteiger charge is -2.27. The van der Waals surface area contributed by atoms with Crippen molar-refractivity contribution in [2.75, 3.05) is 43.6 Å². The van der Waals surface area contributed by atoms with E-state index in [9.17, 15) is 0 Å². The van der Waals surface area contributed by atoms with Crippen molar-refractivity contribution < 1.29 is 9.47 Å². The summed E-state index contributed by atoms with van der Waals surface area (Å²) in [4.78, 5) is 15.2. The fraction of sp³-hybridized carbons (Fsp3) is 0.786. The molecule has 0 saturated carbocycles. The van der Waals surface area contributed by atoms with Crippen LogP contribution in [0.4, 0.5) is 11.9 Å². The zero-order valence-corrected chi connectivity index (χ0v) is 13.3. The van der Waals surface area contributed by atoms with E-state index < -0.39 is 0 Å². The first kappa shape index (κ1) is 15.8. The summed E-state index contributed by atoms with van der Waals surface area (Å²) in [6, 6.07) is 0.379. The zero-order valence-electron chi connectivity index (χ0n) is 13.3. The van der Waals surface area contributed by atoms with Gasteiger partial charge in [0.2, 0.25) is 11.9 Å². The molecule has 1 unspecified atom stereocenters. The maximum Gasteiger partial charge on any atom is 0.323 e. The molecule has 0 aliphatic carbocycles. The van der Waals surface area contributed by atoms with Gasteiger partial charge in [0.25, 0.3) is 0 Å². The van der Waals surface area contributed by atoms with Crippen LogP contribution in [0.3, 0.4) is 0 Å².